The van der Waals surface area contributed by atoms with Crippen molar-refractivity contribution >= 4 is 11.4 Å². The molecule has 0 bridgehead atoms. The second kappa shape index (κ2) is 4.77. The number of hydrogen-bond acceptors (Lipinski definition) is 2. The summed E-state index contributed by atoms with van der Waals surface area (Å²) in [5.74, 6) is 0.967. The van der Waals surface area contributed by atoms with Crippen LogP contribution in [0.4, 0.5) is 11.4 Å². The summed E-state index contributed by atoms with van der Waals surface area (Å²) in [5.41, 5.74) is 9.33. The Balaban J connectivity index is 1.93. The Bertz CT molecular complexity index is 356. The Morgan fingerprint density at radius 2 is 2.12 bits per heavy atom. The van der Waals surface area contributed by atoms with Gasteiger partial charge in [0, 0.05) is 13.6 Å². The number of benzene rings is 1. The quantitative estimate of drug-likeness (QED) is 0.786. The third-order valence-corrected chi connectivity index (χ3v) is 3.69. The number of anilines is 2. The molecule has 0 spiro atoms. The van der Waals surface area contributed by atoms with Crippen molar-refractivity contribution in [3.05, 3.63) is 23.8 Å². The number of hydrogen-bond donors (Lipinski definition) is 1. The summed E-state index contributed by atoms with van der Waals surface area (Å²) in [7, 11) is 2.14. The van der Waals surface area contributed by atoms with E-state index < -0.39 is 0 Å². The van der Waals surface area contributed by atoms with E-state index >= 15 is 0 Å². The first-order valence-corrected chi connectivity index (χ1v) is 6.24. The first-order valence-electron chi connectivity index (χ1n) is 6.24. The van der Waals surface area contributed by atoms with Crippen molar-refractivity contribution in [2.45, 2.75) is 32.6 Å². The van der Waals surface area contributed by atoms with Crippen LogP contribution in [0, 0.1) is 12.8 Å². The lowest BCUT2D eigenvalue weighted by molar-refractivity contribution is 0.299. The van der Waals surface area contributed by atoms with E-state index in [0.717, 1.165) is 18.2 Å². The topological polar surface area (TPSA) is 29.3 Å². The highest BCUT2D eigenvalue weighted by molar-refractivity contribution is 5.68. The minimum atomic E-state index is 0.899. The molecular weight excluding hydrogens is 196 g/mol. The molecule has 0 radical (unpaired) electrons. The summed E-state index contributed by atoms with van der Waals surface area (Å²) in [6.45, 7) is 3.20. The fraction of sp³-hybridized carbons (Fsp3) is 0.571. The van der Waals surface area contributed by atoms with Crippen LogP contribution in [-0.4, -0.2) is 13.6 Å². The van der Waals surface area contributed by atoms with Crippen molar-refractivity contribution in [3.63, 3.8) is 0 Å². The van der Waals surface area contributed by atoms with Crippen LogP contribution in [-0.2, 0) is 0 Å². The highest BCUT2D eigenvalue weighted by Gasteiger charge is 2.17. The molecule has 88 valence electrons. The van der Waals surface area contributed by atoms with E-state index in [4.69, 9.17) is 5.73 Å². The van der Waals surface area contributed by atoms with Gasteiger partial charge in [0.25, 0.3) is 0 Å². The first kappa shape index (κ1) is 11.3. The van der Waals surface area contributed by atoms with E-state index in [0.29, 0.717) is 0 Å². The molecule has 0 saturated heterocycles. The summed E-state index contributed by atoms with van der Waals surface area (Å²) < 4.78 is 0. The minimum absolute atomic E-state index is 0.899. The molecule has 0 amide bonds. The molecule has 0 heterocycles. The fourth-order valence-corrected chi connectivity index (χ4v) is 2.30. The predicted molar refractivity (Wildman–Crippen MR) is 70.8 cm³/mol. The Kier molecular flexibility index (Phi) is 3.37. The number of nitrogens with two attached hydrogens (primary N) is 1. The number of nitrogen functional groups attached to an aromatic ring is 1. The van der Waals surface area contributed by atoms with Crippen LogP contribution >= 0.6 is 0 Å². The second-order valence-electron chi connectivity index (χ2n) is 5.07. The van der Waals surface area contributed by atoms with Gasteiger partial charge in [0.05, 0.1) is 11.4 Å². The average Bonchev–Trinajstić information content (AvgIpc) is 2.14. The van der Waals surface area contributed by atoms with Crippen LogP contribution < -0.4 is 10.6 Å². The van der Waals surface area contributed by atoms with Gasteiger partial charge >= 0.3 is 0 Å². The second-order valence-corrected chi connectivity index (χ2v) is 5.07. The molecule has 1 aliphatic carbocycles. The zero-order valence-electron chi connectivity index (χ0n) is 10.4. The van der Waals surface area contributed by atoms with E-state index in [9.17, 15) is 0 Å². The molecule has 1 saturated carbocycles. The lowest BCUT2D eigenvalue weighted by Crippen LogP contribution is -2.24. The molecule has 2 N–H and O–H groups in total. The Morgan fingerprint density at radius 3 is 2.69 bits per heavy atom. The van der Waals surface area contributed by atoms with Crippen molar-refractivity contribution in [1.82, 2.24) is 0 Å². The van der Waals surface area contributed by atoms with Crippen molar-refractivity contribution < 1.29 is 0 Å². The summed E-state index contributed by atoms with van der Waals surface area (Å²) in [6.07, 6.45) is 5.60. The number of nitrogens with zero attached hydrogens (tertiary/aromatic N) is 1. The maximum atomic E-state index is 6.03. The normalized spacial score (nSPS) is 15.9. The van der Waals surface area contributed by atoms with Crippen LogP contribution in [0.15, 0.2) is 18.2 Å². The van der Waals surface area contributed by atoms with E-state index in [1.807, 2.05) is 0 Å². The monoisotopic (exact) mass is 218 g/mol. The maximum Gasteiger partial charge on any atom is 0.0597 e. The van der Waals surface area contributed by atoms with Gasteiger partial charge in [0.15, 0.2) is 0 Å². The molecule has 1 aliphatic rings. The summed E-state index contributed by atoms with van der Waals surface area (Å²) in [5, 5.41) is 0. The lowest BCUT2D eigenvalue weighted by atomic mass is 9.83. The molecule has 2 nitrogen and oxygen atoms in total. The van der Waals surface area contributed by atoms with Crippen LogP contribution in [0.2, 0.25) is 0 Å². The first-order chi connectivity index (χ1) is 7.66. The van der Waals surface area contributed by atoms with Gasteiger partial charge in [-0.2, -0.15) is 0 Å². The zero-order valence-corrected chi connectivity index (χ0v) is 10.4. The van der Waals surface area contributed by atoms with Gasteiger partial charge in [-0.3, -0.25) is 0 Å². The van der Waals surface area contributed by atoms with Gasteiger partial charge in [-0.1, -0.05) is 25.3 Å². The molecule has 0 unspecified atom stereocenters. The van der Waals surface area contributed by atoms with Gasteiger partial charge < -0.3 is 10.6 Å². The molecule has 2 heteroatoms. The van der Waals surface area contributed by atoms with Gasteiger partial charge in [-0.25, -0.2) is 0 Å². The Labute approximate surface area is 98.4 Å². The SMILES string of the molecule is Cc1ccc(N(C)CCC2CCC2)c(N)c1. The standard InChI is InChI=1S/C14H22N2/c1-11-6-7-14(13(15)10-11)16(2)9-8-12-4-3-5-12/h6-7,10,12H,3-5,8-9,15H2,1-2H3. The fourth-order valence-electron chi connectivity index (χ4n) is 2.30. The molecule has 2 rings (SSSR count). The van der Waals surface area contributed by atoms with Crippen molar-refractivity contribution in [3.8, 4) is 0 Å². The largest absolute Gasteiger partial charge is 0.397 e. The van der Waals surface area contributed by atoms with Gasteiger partial charge in [0.1, 0.15) is 0 Å². The lowest BCUT2D eigenvalue weighted by Gasteiger charge is -2.29. The molecule has 16 heavy (non-hydrogen) atoms. The van der Waals surface area contributed by atoms with Crippen LogP contribution in [0.1, 0.15) is 31.2 Å². The van der Waals surface area contributed by atoms with Crippen LogP contribution in [0.3, 0.4) is 0 Å². The van der Waals surface area contributed by atoms with E-state index in [1.54, 1.807) is 0 Å². The van der Waals surface area contributed by atoms with Crippen molar-refractivity contribution in [1.29, 1.82) is 0 Å². The molecule has 1 aromatic rings. The summed E-state index contributed by atoms with van der Waals surface area (Å²) in [4.78, 5) is 2.28. The molecule has 0 aromatic heterocycles. The van der Waals surface area contributed by atoms with Gasteiger partial charge in [0.2, 0.25) is 0 Å². The third-order valence-electron chi connectivity index (χ3n) is 3.69. The molecule has 0 aliphatic heterocycles. The third kappa shape index (κ3) is 2.49. The molecular formula is C14H22N2. The van der Waals surface area contributed by atoms with E-state index in [2.05, 4.69) is 37.1 Å². The van der Waals surface area contributed by atoms with E-state index in [-0.39, 0.29) is 0 Å². The molecule has 1 fully saturated rings. The predicted octanol–water partition coefficient (Wildman–Crippen LogP) is 3.20. The smallest absolute Gasteiger partial charge is 0.0597 e. The highest BCUT2D eigenvalue weighted by atomic mass is 15.1. The Morgan fingerprint density at radius 1 is 1.38 bits per heavy atom. The summed E-state index contributed by atoms with van der Waals surface area (Å²) in [6, 6.07) is 6.31. The van der Waals surface area contributed by atoms with E-state index in [1.165, 1.54) is 36.9 Å². The summed E-state index contributed by atoms with van der Waals surface area (Å²) >= 11 is 0. The van der Waals surface area contributed by atoms with Crippen LogP contribution in [0.25, 0.3) is 0 Å². The Hall–Kier alpha value is -1.18. The van der Waals surface area contributed by atoms with Gasteiger partial charge in [-0.15, -0.1) is 0 Å². The van der Waals surface area contributed by atoms with Gasteiger partial charge in [-0.05, 0) is 37.0 Å². The minimum Gasteiger partial charge on any atom is -0.397 e. The van der Waals surface area contributed by atoms with Crippen molar-refractivity contribution in [2.75, 3.05) is 24.2 Å². The average molecular weight is 218 g/mol. The van der Waals surface area contributed by atoms with Crippen molar-refractivity contribution in [2.24, 2.45) is 5.92 Å². The zero-order chi connectivity index (χ0) is 11.5. The number of aryl methyl sites for hydroxylation is 1. The molecule has 1 aromatic carbocycles. The van der Waals surface area contributed by atoms with Crippen LogP contribution in [0.5, 0.6) is 0 Å². The molecule has 0 atom stereocenters. The maximum absolute atomic E-state index is 6.03. The number of rotatable bonds is 4. The highest BCUT2D eigenvalue weighted by Crippen LogP contribution is 2.30.